The first kappa shape index (κ1) is 25.5. The summed E-state index contributed by atoms with van der Waals surface area (Å²) in [6.45, 7) is 2.10. The maximum absolute atomic E-state index is 13.3. The molecule has 1 aliphatic heterocycles. The molecule has 0 spiro atoms. The summed E-state index contributed by atoms with van der Waals surface area (Å²) in [6, 6.07) is 7.01. The van der Waals surface area contributed by atoms with Crippen LogP contribution in [0, 0.1) is 0 Å². The zero-order valence-corrected chi connectivity index (χ0v) is 21.4. The van der Waals surface area contributed by atoms with Crippen LogP contribution in [0.1, 0.15) is 72.0 Å². The number of nitrogens with one attached hydrogen (secondary N) is 2. The van der Waals surface area contributed by atoms with Crippen LogP contribution >= 0.6 is 0 Å². The molecule has 1 fully saturated rings. The van der Waals surface area contributed by atoms with Crippen LogP contribution in [0.3, 0.4) is 0 Å². The first-order valence-corrected chi connectivity index (χ1v) is 12.4. The smallest absolute Gasteiger partial charge is 0.272 e. The summed E-state index contributed by atoms with van der Waals surface area (Å²) in [6.07, 6.45) is 6.48. The van der Waals surface area contributed by atoms with Gasteiger partial charge in [0.1, 0.15) is 11.2 Å². The van der Waals surface area contributed by atoms with Crippen molar-refractivity contribution in [3.8, 4) is 11.5 Å². The second-order valence-corrected chi connectivity index (χ2v) is 9.71. The number of nitrogens with zero attached hydrogens (tertiary/aromatic N) is 3. The number of ether oxygens (including phenoxy) is 2. The number of carbonyl (C=O) groups is 3. The van der Waals surface area contributed by atoms with Gasteiger partial charge in [0.25, 0.3) is 11.8 Å². The number of rotatable bonds is 7. The lowest BCUT2D eigenvalue weighted by atomic mass is 9.95. The van der Waals surface area contributed by atoms with Crippen molar-refractivity contribution >= 4 is 17.7 Å². The third-order valence-electron chi connectivity index (χ3n) is 7.34. The van der Waals surface area contributed by atoms with E-state index >= 15 is 0 Å². The molecule has 10 nitrogen and oxygen atoms in total. The van der Waals surface area contributed by atoms with E-state index in [-0.39, 0.29) is 42.3 Å². The molecule has 3 amide bonds. The van der Waals surface area contributed by atoms with Crippen molar-refractivity contribution in [1.29, 1.82) is 0 Å². The average molecular weight is 498 g/mol. The Bertz CT molecular complexity index is 1140. The van der Waals surface area contributed by atoms with Crippen molar-refractivity contribution in [3.63, 3.8) is 0 Å². The highest BCUT2D eigenvalue weighted by atomic mass is 16.5. The van der Waals surface area contributed by atoms with Crippen LogP contribution in [0.2, 0.25) is 0 Å². The summed E-state index contributed by atoms with van der Waals surface area (Å²) in [4.78, 5) is 40.9. The second kappa shape index (κ2) is 10.6. The molecule has 36 heavy (non-hydrogen) atoms. The molecule has 0 radical (unpaired) electrons. The zero-order chi connectivity index (χ0) is 25.9. The van der Waals surface area contributed by atoms with Crippen LogP contribution in [-0.4, -0.2) is 65.2 Å². The van der Waals surface area contributed by atoms with Crippen molar-refractivity contribution in [2.75, 3.05) is 21.3 Å². The van der Waals surface area contributed by atoms with Gasteiger partial charge in [-0.1, -0.05) is 37.8 Å². The van der Waals surface area contributed by atoms with Gasteiger partial charge >= 0.3 is 0 Å². The Kier molecular flexibility index (Phi) is 7.51. The first-order valence-electron chi connectivity index (χ1n) is 12.4. The van der Waals surface area contributed by atoms with Gasteiger partial charge in [0.2, 0.25) is 5.91 Å². The van der Waals surface area contributed by atoms with Gasteiger partial charge < -0.3 is 25.0 Å². The Morgan fingerprint density at radius 2 is 1.86 bits per heavy atom. The van der Waals surface area contributed by atoms with Gasteiger partial charge in [-0.15, -0.1) is 0 Å². The third-order valence-corrected chi connectivity index (χ3v) is 7.34. The number of likely N-dealkylation sites (N-methyl/N-ethyl adjacent to an activating group) is 1. The van der Waals surface area contributed by atoms with E-state index in [2.05, 4.69) is 15.7 Å². The van der Waals surface area contributed by atoms with Crippen molar-refractivity contribution < 1.29 is 23.9 Å². The highest BCUT2D eigenvalue weighted by Gasteiger charge is 2.46. The van der Waals surface area contributed by atoms with Crippen molar-refractivity contribution in [2.45, 2.75) is 70.1 Å². The molecule has 2 aliphatic rings. The van der Waals surface area contributed by atoms with E-state index in [4.69, 9.17) is 9.47 Å². The van der Waals surface area contributed by atoms with Gasteiger partial charge in [0.05, 0.1) is 20.8 Å². The van der Waals surface area contributed by atoms with E-state index in [1.54, 1.807) is 27.1 Å². The molecule has 1 aromatic heterocycles. The predicted octanol–water partition coefficient (Wildman–Crippen LogP) is 2.51. The molecule has 1 aliphatic carbocycles. The SMILES string of the molecule is COc1cccc(CNC(=O)c2cc3n(n2)C[C@@](C)(C(=O)NC2CCCCCC2)N(C)C3=O)c1OC. The van der Waals surface area contributed by atoms with E-state index in [0.717, 1.165) is 31.2 Å². The normalized spacial score (nSPS) is 20.3. The van der Waals surface area contributed by atoms with E-state index in [1.807, 2.05) is 12.1 Å². The number of fused-ring (bicyclic) bond motifs is 1. The number of aromatic nitrogens is 2. The van der Waals surface area contributed by atoms with Crippen LogP contribution < -0.4 is 20.1 Å². The third kappa shape index (κ3) is 4.89. The number of hydrogen-bond acceptors (Lipinski definition) is 6. The molecular weight excluding hydrogens is 462 g/mol. The number of methoxy groups -OCH3 is 2. The number of hydrogen-bond donors (Lipinski definition) is 2. The quantitative estimate of drug-likeness (QED) is 0.568. The van der Waals surface area contributed by atoms with Gasteiger partial charge in [-0.3, -0.25) is 19.1 Å². The molecule has 2 aromatic rings. The van der Waals surface area contributed by atoms with Gasteiger partial charge in [0, 0.05) is 31.3 Å². The molecule has 0 unspecified atom stereocenters. The number of amides is 3. The van der Waals surface area contributed by atoms with Gasteiger partial charge in [-0.25, -0.2) is 0 Å². The summed E-state index contributed by atoms with van der Waals surface area (Å²) in [5, 5.41) is 10.4. The zero-order valence-electron chi connectivity index (χ0n) is 21.4. The van der Waals surface area contributed by atoms with Crippen LogP contribution in [0.15, 0.2) is 24.3 Å². The summed E-state index contributed by atoms with van der Waals surface area (Å²) >= 11 is 0. The van der Waals surface area contributed by atoms with Crippen LogP contribution in [-0.2, 0) is 17.9 Å². The van der Waals surface area contributed by atoms with E-state index in [9.17, 15) is 14.4 Å². The summed E-state index contributed by atoms with van der Waals surface area (Å²) in [5.41, 5.74) is 0.0283. The van der Waals surface area contributed by atoms with Gasteiger partial charge in [0.15, 0.2) is 17.2 Å². The molecule has 1 aromatic carbocycles. The maximum atomic E-state index is 13.3. The minimum atomic E-state index is -1.11. The molecule has 10 heteroatoms. The second-order valence-electron chi connectivity index (χ2n) is 9.71. The molecule has 0 bridgehead atoms. The van der Waals surface area contributed by atoms with E-state index < -0.39 is 11.4 Å². The summed E-state index contributed by atoms with van der Waals surface area (Å²) < 4.78 is 12.2. The van der Waals surface area contributed by atoms with Crippen molar-refractivity contribution in [3.05, 3.63) is 41.2 Å². The molecule has 2 N–H and O–H groups in total. The highest BCUT2D eigenvalue weighted by Crippen LogP contribution is 2.31. The molecule has 1 atom stereocenters. The van der Waals surface area contributed by atoms with Crippen molar-refractivity contribution in [1.82, 2.24) is 25.3 Å². The monoisotopic (exact) mass is 497 g/mol. The number of para-hydroxylation sites is 1. The fourth-order valence-electron chi connectivity index (χ4n) is 4.96. The largest absolute Gasteiger partial charge is 0.493 e. The van der Waals surface area contributed by atoms with Crippen molar-refractivity contribution in [2.24, 2.45) is 0 Å². The Hall–Kier alpha value is -3.56. The minimum absolute atomic E-state index is 0.113. The maximum Gasteiger partial charge on any atom is 0.272 e. The average Bonchev–Trinajstić information content (AvgIpc) is 3.13. The molecule has 4 rings (SSSR count). The Morgan fingerprint density at radius 1 is 1.14 bits per heavy atom. The van der Waals surface area contributed by atoms with Gasteiger partial charge in [-0.2, -0.15) is 5.10 Å². The van der Waals surface area contributed by atoms with Crippen LogP contribution in [0.5, 0.6) is 11.5 Å². The topological polar surface area (TPSA) is 115 Å². The summed E-state index contributed by atoms with van der Waals surface area (Å²) in [7, 11) is 4.71. The molecule has 194 valence electrons. The van der Waals surface area contributed by atoms with Crippen LogP contribution in [0.25, 0.3) is 0 Å². The number of benzene rings is 1. The standard InChI is InChI=1S/C26H35N5O5/c1-26(25(34)28-18-11-7-5-6-8-12-18)16-31-20(24(33)30(26)2)14-19(29-31)23(32)27-15-17-10-9-13-21(35-3)22(17)36-4/h9-10,13-14,18H,5-8,11-12,15-16H2,1-4H3,(H,27,32)(H,28,34)/t26-/m0/s1. The summed E-state index contributed by atoms with van der Waals surface area (Å²) in [5.74, 6) is 0.138. The first-order chi connectivity index (χ1) is 17.3. The van der Waals surface area contributed by atoms with Crippen LogP contribution in [0.4, 0.5) is 0 Å². The molecule has 2 heterocycles. The lowest BCUT2D eigenvalue weighted by Crippen LogP contribution is -2.63. The minimum Gasteiger partial charge on any atom is -0.493 e. The fourth-order valence-corrected chi connectivity index (χ4v) is 4.96. The fraction of sp³-hybridized carbons (Fsp3) is 0.538. The lowest BCUT2D eigenvalue weighted by molar-refractivity contribution is -0.133. The predicted molar refractivity (Wildman–Crippen MR) is 133 cm³/mol. The number of carbonyl (C=O) groups excluding carboxylic acids is 3. The Morgan fingerprint density at radius 3 is 2.53 bits per heavy atom. The molecule has 0 saturated heterocycles. The van der Waals surface area contributed by atoms with E-state index in [1.165, 1.54) is 35.6 Å². The molecule has 1 saturated carbocycles. The van der Waals surface area contributed by atoms with E-state index in [0.29, 0.717) is 11.5 Å². The Labute approximate surface area is 211 Å². The van der Waals surface area contributed by atoms with Gasteiger partial charge in [-0.05, 0) is 25.8 Å². The highest BCUT2D eigenvalue weighted by molar-refractivity contribution is 6.01. The Balaban J connectivity index is 1.48. The molecular formula is C26H35N5O5. The lowest BCUT2D eigenvalue weighted by Gasteiger charge is -2.41.